The van der Waals surface area contributed by atoms with Gasteiger partial charge in [0.05, 0.1) is 19.6 Å². The average Bonchev–Trinajstić information content (AvgIpc) is 2.82. The van der Waals surface area contributed by atoms with E-state index in [1.54, 1.807) is 6.92 Å². The molecule has 2 fully saturated rings. The number of hydrazone groups is 1. The molecule has 2 rings (SSSR count). The number of amides is 1. The van der Waals surface area contributed by atoms with E-state index in [0.29, 0.717) is 18.6 Å². The molecule has 0 aromatic carbocycles. The van der Waals surface area contributed by atoms with E-state index in [1.165, 1.54) is 0 Å². The molecule has 0 bridgehead atoms. The highest BCUT2D eigenvalue weighted by molar-refractivity contribution is 5.87. The first-order valence-electron chi connectivity index (χ1n) is 7.91. The van der Waals surface area contributed by atoms with E-state index < -0.39 is 5.79 Å². The maximum atomic E-state index is 11.9. The molecular formula is C16H28N2O3. The van der Waals surface area contributed by atoms with Gasteiger partial charge in [0.15, 0.2) is 5.79 Å². The zero-order chi connectivity index (χ0) is 15.5. The summed E-state index contributed by atoms with van der Waals surface area (Å²) in [6.45, 7) is 9.78. The van der Waals surface area contributed by atoms with Gasteiger partial charge in [0.25, 0.3) is 0 Å². The van der Waals surface area contributed by atoms with Gasteiger partial charge >= 0.3 is 0 Å². The molecule has 1 saturated carbocycles. The number of nitrogens with one attached hydrogen (secondary N) is 1. The summed E-state index contributed by atoms with van der Waals surface area (Å²) in [6.07, 6.45) is 4.46. The van der Waals surface area contributed by atoms with Crippen LogP contribution in [0.4, 0.5) is 0 Å². The van der Waals surface area contributed by atoms with Gasteiger partial charge in [-0.15, -0.1) is 0 Å². The number of hydrogen-bond acceptors (Lipinski definition) is 4. The normalized spacial score (nSPS) is 25.7. The summed E-state index contributed by atoms with van der Waals surface area (Å²) >= 11 is 0. The second kappa shape index (κ2) is 6.44. The minimum Gasteiger partial charge on any atom is -0.347 e. The van der Waals surface area contributed by atoms with Crippen molar-refractivity contribution in [3.05, 3.63) is 0 Å². The van der Waals surface area contributed by atoms with Crippen LogP contribution in [-0.2, 0) is 14.3 Å². The van der Waals surface area contributed by atoms with Gasteiger partial charge in [-0.05, 0) is 43.9 Å². The van der Waals surface area contributed by atoms with E-state index in [4.69, 9.17) is 9.47 Å². The molecule has 0 unspecified atom stereocenters. The summed E-state index contributed by atoms with van der Waals surface area (Å²) in [7, 11) is 0. The van der Waals surface area contributed by atoms with E-state index in [0.717, 1.165) is 37.3 Å². The smallest absolute Gasteiger partial charge is 0.245 e. The lowest BCUT2D eigenvalue weighted by Gasteiger charge is -2.34. The molecule has 1 aliphatic carbocycles. The monoisotopic (exact) mass is 296 g/mol. The van der Waals surface area contributed by atoms with Crippen LogP contribution in [0.1, 0.15) is 59.8 Å². The van der Waals surface area contributed by atoms with Gasteiger partial charge in [-0.3, -0.25) is 4.79 Å². The molecule has 1 amide bonds. The minimum atomic E-state index is -0.784. The second-order valence-corrected chi connectivity index (χ2v) is 7.36. The quantitative estimate of drug-likeness (QED) is 0.815. The molecule has 1 N–H and O–H groups in total. The topological polar surface area (TPSA) is 59.9 Å². The van der Waals surface area contributed by atoms with Crippen molar-refractivity contribution in [2.75, 3.05) is 13.2 Å². The molecule has 5 nitrogen and oxygen atoms in total. The van der Waals surface area contributed by atoms with Gasteiger partial charge in [-0.1, -0.05) is 20.8 Å². The zero-order valence-electron chi connectivity index (χ0n) is 13.7. The third kappa shape index (κ3) is 4.78. The Labute approximate surface area is 127 Å². The molecule has 21 heavy (non-hydrogen) atoms. The predicted octanol–water partition coefficient (Wildman–Crippen LogP) is 2.85. The predicted molar refractivity (Wildman–Crippen MR) is 81.9 cm³/mol. The van der Waals surface area contributed by atoms with E-state index in [1.807, 2.05) is 0 Å². The number of carbonyl (C=O) groups excluding carboxylic acids is 1. The van der Waals surface area contributed by atoms with Gasteiger partial charge in [0.2, 0.25) is 5.91 Å². The van der Waals surface area contributed by atoms with E-state index in [-0.39, 0.29) is 12.3 Å². The first-order chi connectivity index (χ1) is 9.78. The molecule has 1 heterocycles. The van der Waals surface area contributed by atoms with Crippen molar-refractivity contribution in [2.24, 2.45) is 16.4 Å². The van der Waals surface area contributed by atoms with Crippen molar-refractivity contribution in [3.63, 3.8) is 0 Å². The van der Waals surface area contributed by atoms with Crippen LogP contribution >= 0.6 is 0 Å². The molecule has 1 aliphatic heterocycles. The van der Waals surface area contributed by atoms with Crippen LogP contribution in [0.2, 0.25) is 0 Å². The highest BCUT2D eigenvalue weighted by atomic mass is 16.7. The van der Waals surface area contributed by atoms with Gasteiger partial charge in [0, 0.05) is 5.71 Å². The standard InChI is InChI=1S/C16H28N2O3/c1-15(2,3)12-5-7-13(8-6-12)17-18-14(19)11-16(4)20-9-10-21-16/h12H,5-11H2,1-4H3,(H,18,19). The zero-order valence-corrected chi connectivity index (χ0v) is 13.7. The van der Waals surface area contributed by atoms with Crippen molar-refractivity contribution in [3.8, 4) is 0 Å². The summed E-state index contributed by atoms with van der Waals surface area (Å²) in [5.41, 5.74) is 4.11. The Kier molecular flexibility index (Phi) is 5.04. The van der Waals surface area contributed by atoms with Crippen molar-refractivity contribution in [2.45, 2.75) is 65.6 Å². The fourth-order valence-corrected chi connectivity index (χ4v) is 3.06. The third-order valence-electron chi connectivity index (χ3n) is 4.51. The van der Waals surface area contributed by atoms with Crippen molar-refractivity contribution in [1.82, 2.24) is 5.43 Å². The Balaban J connectivity index is 1.76. The van der Waals surface area contributed by atoms with Gasteiger partial charge in [0.1, 0.15) is 0 Å². The number of nitrogens with zero attached hydrogens (tertiary/aromatic N) is 1. The molecule has 120 valence electrons. The molecule has 5 heteroatoms. The summed E-state index contributed by atoms with van der Waals surface area (Å²) in [5.74, 6) is -0.190. The Hall–Kier alpha value is -0.940. The Bertz CT molecular complexity index is 396. The SMILES string of the molecule is CC1(CC(=O)NN=C2CCC(C(C)(C)C)CC2)OCCO1. The highest BCUT2D eigenvalue weighted by Crippen LogP contribution is 2.36. The number of ether oxygens (including phenoxy) is 2. The highest BCUT2D eigenvalue weighted by Gasteiger charge is 2.33. The van der Waals surface area contributed by atoms with Crippen molar-refractivity contribution >= 4 is 11.6 Å². The maximum Gasteiger partial charge on any atom is 0.245 e. The lowest BCUT2D eigenvalue weighted by molar-refractivity contribution is -0.159. The largest absolute Gasteiger partial charge is 0.347 e. The summed E-state index contributed by atoms with van der Waals surface area (Å²) in [4.78, 5) is 11.9. The van der Waals surface area contributed by atoms with Crippen LogP contribution < -0.4 is 5.43 Å². The molecule has 2 aliphatic rings. The third-order valence-corrected chi connectivity index (χ3v) is 4.51. The Morgan fingerprint density at radius 3 is 2.38 bits per heavy atom. The molecule has 0 radical (unpaired) electrons. The number of carbonyl (C=O) groups is 1. The van der Waals surface area contributed by atoms with Crippen LogP contribution in [0.25, 0.3) is 0 Å². The Morgan fingerprint density at radius 1 is 1.29 bits per heavy atom. The maximum absolute atomic E-state index is 11.9. The van der Waals surface area contributed by atoms with Crippen LogP contribution in [-0.4, -0.2) is 30.6 Å². The second-order valence-electron chi connectivity index (χ2n) is 7.36. The molecule has 0 spiro atoms. The summed E-state index contributed by atoms with van der Waals surface area (Å²) < 4.78 is 10.8. The molecular weight excluding hydrogens is 268 g/mol. The van der Waals surface area contributed by atoms with Crippen LogP contribution in [0.3, 0.4) is 0 Å². The fourth-order valence-electron chi connectivity index (χ4n) is 3.06. The van der Waals surface area contributed by atoms with Gasteiger partial charge in [-0.25, -0.2) is 5.43 Å². The number of hydrogen-bond donors (Lipinski definition) is 1. The van der Waals surface area contributed by atoms with Gasteiger partial charge in [-0.2, -0.15) is 5.10 Å². The summed E-state index contributed by atoms with van der Waals surface area (Å²) in [5, 5.41) is 4.28. The molecule has 0 aromatic heterocycles. The number of rotatable bonds is 3. The lowest BCUT2D eigenvalue weighted by atomic mass is 9.72. The van der Waals surface area contributed by atoms with Crippen LogP contribution in [0.15, 0.2) is 5.10 Å². The minimum absolute atomic E-state index is 0.148. The van der Waals surface area contributed by atoms with Crippen LogP contribution in [0.5, 0.6) is 0 Å². The molecule has 0 atom stereocenters. The van der Waals surface area contributed by atoms with Crippen LogP contribution in [0, 0.1) is 11.3 Å². The van der Waals surface area contributed by atoms with E-state index in [2.05, 4.69) is 31.3 Å². The summed E-state index contributed by atoms with van der Waals surface area (Å²) in [6, 6.07) is 0. The average molecular weight is 296 g/mol. The fraction of sp³-hybridized carbons (Fsp3) is 0.875. The first-order valence-corrected chi connectivity index (χ1v) is 7.91. The van der Waals surface area contributed by atoms with Crippen molar-refractivity contribution in [1.29, 1.82) is 0 Å². The Morgan fingerprint density at radius 2 is 1.86 bits per heavy atom. The van der Waals surface area contributed by atoms with Crippen molar-refractivity contribution < 1.29 is 14.3 Å². The lowest BCUT2D eigenvalue weighted by Crippen LogP contribution is -2.34. The van der Waals surface area contributed by atoms with E-state index >= 15 is 0 Å². The van der Waals surface area contributed by atoms with E-state index in [9.17, 15) is 4.79 Å². The van der Waals surface area contributed by atoms with Gasteiger partial charge < -0.3 is 9.47 Å². The first kappa shape index (κ1) is 16.4. The molecule has 0 aromatic rings. The molecule has 1 saturated heterocycles.